The van der Waals surface area contributed by atoms with Gasteiger partial charge in [-0.05, 0) is 73.9 Å². The van der Waals surface area contributed by atoms with Crippen LogP contribution in [-0.4, -0.2) is 54.1 Å². The molecule has 0 bridgehead atoms. The number of hydrogen-bond donors (Lipinski definition) is 2. The van der Waals surface area contributed by atoms with Crippen molar-refractivity contribution >= 4 is 17.3 Å². The van der Waals surface area contributed by atoms with Crippen molar-refractivity contribution in [3.63, 3.8) is 0 Å². The van der Waals surface area contributed by atoms with Gasteiger partial charge in [0.05, 0.1) is 31.6 Å². The summed E-state index contributed by atoms with van der Waals surface area (Å²) in [6.07, 6.45) is 1.15. The highest BCUT2D eigenvalue weighted by atomic mass is 19.1. The van der Waals surface area contributed by atoms with Gasteiger partial charge in [0.25, 0.3) is 5.91 Å². The number of morpholine rings is 1. The third kappa shape index (κ3) is 4.76. The quantitative estimate of drug-likeness (QED) is 0.484. The van der Waals surface area contributed by atoms with Crippen LogP contribution in [0.15, 0.2) is 48.7 Å². The van der Waals surface area contributed by atoms with E-state index in [1.54, 1.807) is 17.0 Å². The zero-order valence-electron chi connectivity index (χ0n) is 21.5. The number of alkyl halides is 2. The van der Waals surface area contributed by atoms with E-state index in [1.165, 1.54) is 38.2 Å². The lowest BCUT2D eigenvalue weighted by atomic mass is 9.81. The molecule has 2 aromatic carbocycles. The molecule has 3 aromatic rings. The number of aryl methyl sites for hydroxylation is 1. The molecule has 5 rings (SSSR count). The molecule has 9 heteroatoms. The lowest BCUT2D eigenvalue weighted by Gasteiger charge is -2.48. The van der Waals surface area contributed by atoms with Crippen LogP contribution in [0.25, 0.3) is 11.1 Å². The molecule has 3 heterocycles. The second-order valence-corrected chi connectivity index (χ2v) is 10.5. The fourth-order valence-electron chi connectivity index (χ4n) is 5.21. The van der Waals surface area contributed by atoms with Gasteiger partial charge in [-0.1, -0.05) is 6.07 Å². The lowest BCUT2D eigenvalue weighted by molar-refractivity contribution is -0.0178. The van der Waals surface area contributed by atoms with Crippen molar-refractivity contribution in [3.05, 3.63) is 76.9 Å². The van der Waals surface area contributed by atoms with E-state index in [1.807, 2.05) is 19.1 Å². The molecule has 0 saturated carbocycles. The van der Waals surface area contributed by atoms with E-state index in [0.717, 1.165) is 5.56 Å². The smallest absolute Gasteiger partial charge is 0.255 e. The third-order valence-corrected chi connectivity index (χ3v) is 7.38. The Kier molecular flexibility index (Phi) is 6.69. The minimum absolute atomic E-state index is 0.110. The molecule has 38 heavy (non-hydrogen) atoms. The van der Waals surface area contributed by atoms with E-state index in [4.69, 9.17) is 4.74 Å². The lowest BCUT2D eigenvalue weighted by Crippen LogP contribution is -2.62. The number of aromatic nitrogens is 1. The van der Waals surface area contributed by atoms with Gasteiger partial charge in [0.15, 0.2) is 5.67 Å². The summed E-state index contributed by atoms with van der Waals surface area (Å²) >= 11 is 0. The van der Waals surface area contributed by atoms with Gasteiger partial charge in [0.2, 0.25) is 0 Å². The Balaban J connectivity index is 1.48. The predicted octanol–water partition coefficient (Wildman–Crippen LogP) is 5.11. The third-order valence-electron chi connectivity index (χ3n) is 7.38. The van der Waals surface area contributed by atoms with Crippen molar-refractivity contribution in [2.75, 3.05) is 36.6 Å². The topological polar surface area (TPSA) is 74.7 Å². The molecule has 1 amide bonds. The van der Waals surface area contributed by atoms with Crippen LogP contribution in [0.2, 0.25) is 0 Å². The summed E-state index contributed by atoms with van der Waals surface area (Å²) in [4.78, 5) is 18.7. The number of ether oxygens (including phenoxy) is 1. The molecule has 0 spiro atoms. The average Bonchev–Trinajstić information content (AvgIpc) is 2.90. The van der Waals surface area contributed by atoms with Gasteiger partial charge in [0, 0.05) is 41.7 Å². The van der Waals surface area contributed by atoms with Crippen molar-refractivity contribution in [1.29, 1.82) is 0 Å². The number of carbonyl (C=O) groups excluding carboxylic acids is 1. The molecule has 1 saturated heterocycles. The van der Waals surface area contributed by atoms with Crippen LogP contribution in [0.5, 0.6) is 0 Å². The Labute approximate surface area is 219 Å². The minimum atomic E-state index is -2.00. The highest BCUT2D eigenvalue weighted by molar-refractivity contribution is 6.04. The van der Waals surface area contributed by atoms with E-state index in [-0.39, 0.29) is 29.8 Å². The van der Waals surface area contributed by atoms with Gasteiger partial charge in [-0.15, -0.1) is 0 Å². The number of amides is 1. The predicted molar refractivity (Wildman–Crippen MR) is 139 cm³/mol. The molecule has 1 fully saturated rings. The number of hydrogen-bond acceptors (Lipinski definition) is 5. The molecule has 1 aromatic heterocycles. The normalized spacial score (nSPS) is 21.0. The number of fused-ring (bicyclic) bond motifs is 3. The van der Waals surface area contributed by atoms with Crippen molar-refractivity contribution in [2.24, 2.45) is 0 Å². The number of anilines is 2. The van der Waals surface area contributed by atoms with Crippen LogP contribution >= 0.6 is 0 Å². The summed E-state index contributed by atoms with van der Waals surface area (Å²) in [6.45, 7) is 4.77. The molecular formula is C29H30F3N3O3. The summed E-state index contributed by atoms with van der Waals surface area (Å²) in [5.41, 5.74) is 0.170. The summed E-state index contributed by atoms with van der Waals surface area (Å²) in [5.74, 6) is -0.978. The van der Waals surface area contributed by atoms with Crippen molar-refractivity contribution in [1.82, 2.24) is 4.98 Å². The van der Waals surface area contributed by atoms with Crippen LogP contribution in [0.1, 0.15) is 41.0 Å². The zero-order chi connectivity index (χ0) is 27.2. The van der Waals surface area contributed by atoms with Crippen molar-refractivity contribution in [3.8, 4) is 11.1 Å². The highest BCUT2D eigenvalue weighted by Gasteiger charge is 2.49. The number of pyridine rings is 1. The first kappa shape index (κ1) is 26.2. The van der Waals surface area contributed by atoms with Crippen LogP contribution in [0, 0.1) is 12.7 Å². The molecular weight excluding hydrogens is 495 g/mol. The number of nitrogens with one attached hydrogen (secondary N) is 1. The molecule has 2 aliphatic heterocycles. The Hall–Kier alpha value is -3.43. The number of nitrogens with zero attached hydrogens (tertiary/aromatic N) is 2. The van der Waals surface area contributed by atoms with E-state index in [0.29, 0.717) is 35.7 Å². The minimum Gasteiger partial charge on any atom is -0.393 e. The van der Waals surface area contributed by atoms with Gasteiger partial charge in [-0.3, -0.25) is 9.78 Å². The van der Waals surface area contributed by atoms with Crippen molar-refractivity contribution < 1.29 is 27.8 Å². The monoisotopic (exact) mass is 525 g/mol. The largest absolute Gasteiger partial charge is 0.393 e. The number of benzene rings is 2. The first-order valence-electron chi connectivity index (χ1n) is 12.5. The summed E-state index contributed by atoms with van der Waals surface area (Å²) in [6, 6.07) is 10.7. The molecule has 2 aliphatic rings. The molecule has 0 unspecified atom stereocenters. The Morgan fingerprint density at radius 1 is 1.26 bits per heavy atom. The number of aliphatic hydroxyl groups is 1. The molecule has 0 aliphatic carbocycles. The van der Waals surface area contributed by atoms with E-state index in [9.17, 15) is 14.3 Å². The first-order chi connectivity index (χ1) is 18.0. The molecule has 0 radical (unpaired) electrons. The standard InChI is InChI=1S/C29H30F3N3O3/c1-17-4-5-20(34-27(37)18-6-7-33-25(12-18)28(2,3)31)13-21(17)19-10-23(30)22-14-29(32,16-36)26-15-38-9-8-35(26)24(22)11-19/h4-7,10-13,26,36H,8-9,14-16H2,1-3H3,(H,34,37)/t26-,29+/m0/s1. The second-order valence-electron chi connectivity index (χ2n) is 10.5. The molecule has 2 atom stereocenters. The maximum atomic E-state index is 15.6. The molecule has 200 valence electrons. The molecule has 2 N–H and O–H groups in total. The van der Waals surface area contributed by atoms with E-state index in [2.05, 4.69) is 10.3 Å². The molecule has 6 nitrogen and oxygen atoms in total. The zero-order valence-corrected chi connectivity index (χ0v) is 21.5. The number of aliphatic hydroxyl groups excluding tert-OH is 1. The van der Waals surface area contributed by atoms with Gasteiger partial charge < -0.3 is 20.1 Å². The van der Waals surface area contributed by atoms with E-state index >= 15 is 8.78 Å². The summed E-state index contributed by atoms with van der Waals surface area (Å²) in [7, 11) is 0. The van der Waals surface area contributed by atoms with Gasteiger partial charge in [-0.2, -0.15) is 0 Å². The Morgan fingerprint density at radius 2 is 2.05 bits per heavy atom. The Bertz CT molecular complexity index is 1390. The Morgan fingerprint density at radius 3 is 2.79 bits per heavy atom. The fourth-order valence-corrected chi connectivity index (χ4v) is 5.21. The van der Waals surface area contributed by atoms with Gasteiger partial charge >= 0.3 is 0 Å². The van der Waals surface area contributed by atoms with Crippen LogP contribution < -0.4 is 10.2 Å². The van der Waals surface area contributed by atoms with Gasteiger partial charge in [0.1, 0.15) is 11.5 Å². The maximum absolute atomic E-state index is 15.6. The van der Waals surface area contributed by atoms with Crippen LogP contribution in [0.4, 0.5) is 24.5 Å². The fraction of sp³-hybridized carbons (Fsp3) is 0.379. The summed E-state index contributed by atoms with van der Waals surface area (Å²) in [5, 5.41) is 12.6. The number of rotatable bonds is 5. The number of carbonyl (C=O) groups is 1. The average molecular weight is 526 g/mol. The van der Waals surface area contributed by atoms with Crippen LogP contribution in [0.3, 0.4) is 0 Å². The maximum Gasteiger partial charge on any atom is 0.255 e. The number of halogens is 3. The van der Waals surface area contributed by atoms with Gasteiger partial charge in [-0.25, -0.2) is 13.2 Å². The van der Waals surface area contributed by atoms with Crippen LogP contribution in [-0.2, 0) is 16.8 Å². The highest BCUT2D eigenvalue weighted by Crippen LogP contribution is 2.43. The van der Waals surface area contributed by atoms with E-state index < -0.39 is 35.7 Å². The second kappa shape index (κ2) is 9.71. The SMILES string of the molecule is Cc1ccc(NC(=O)c2ccnc(C(C)(C)F)c2)cc1-c1cc(F)c2c(c1)N1CCOC[C@H]1[C@](F)(CO)C2. The summed E-state index contributed by atoms with van der Waals surface area (Å²) < 4.78 is 50.8. The van der Waals surface area contributed by atoms with Crippen molar-refractivity contribution in [2.45, 2.75) is 44.6 Å². The first-order valence-corrected chi connectivity index (χ1v) is 12.5.